The Labute approximate surface area is 409 Å². The normalized spacial score (nSPS) is 20.9. The number of unbranched alkanes of at least 4 members (excludes halogenated alkanes) is 29. The van der Waals surface area contributed by atoms with E-state index in [0.717, 1.165) is 38.5 Å². The zero-order valence-corrected chi connectivity index (χ0v) is 42.9. The van der Waals surface area contributed by atoms with E-state index < -0.39 is 74.2 Å². The average molecular weight is 952 g/mol. The molecule has 67 heavy (non-hydrogen) atoms. The van der Waals surface area contributed by atoms with Crippen LogP contribution in [0.25, 0.3) is 0 Å². The summed E-state index contributed by atoms with van der Waals surface area (Å²) in [6.45, 7) is 3.43. The quantitative estimate of drug-likeness (QED) is 0.0215. The molecule has 9 unspecified atom stereocenters. The van der Waals surface area contributed by atoms with Crippen LogP contribution >= 0.6 is 0 Å². The van der Waals surface area contributed by atoms with Gasteiger partial charge in [0.15, 0.2) is 6.29 Å². The Balaban J connectivity index is 2.33. The van der Waals surface area contributed by atoms with E-state index in [9.17, 15) is 40.5 Å². The molecule has 1 fully saturated rings. The average Bonchev–Trinajstić information content (AvgIpc) is 3.33. The number of carbonyl (C=O) groups is 1. The van der Waals surface area contributed by atoms with Crippen LogP contribution in [0.4, 0.5) is 0 Å². The second kappa shape index (κ2) is 45.5. The van der Waals surface area contributed by atoms with Crippen molar-refractivity contribution in [1.29, 1.82) is 0 Å². The number of ether oxygens (including phenoxy) is 2. The smallest absolute Gasteiger partial charge is 0.249 e. The lowest BCUT2D eigenvalue weighted by Crippen LogP contribution is -2.60. The molecule has 9 atom stereocenters. The number of aliphatic hydroxyl groups is 7. The van der Waals surface area contributed by atoms with E-state index in [-0.39, 0.29) is 12.8 Å². The summed E-state index contributed by atoms with van der Waals surface area (Å²) in [4.78, 5) is 13.2. The Morgan fingerprint density at radius 1 is 0.507 bits per heavy atom. The number of hydrogen-bond donors (Lipinski definition) is 8. The summed E-state index contributed by atoms with van der Waals surface area (Å²) < 4.78 is 11.1. The van der Waals surface area contributed by atoms with Gasteiger partial charge in [0.05, 0.1) is 25.4 Å². The monoisotopic (exact) mass is 952 g/mol. The Kier molecular flexibility index (Phi) is 43.0. The van der Waals surface area contributed by atoms with Crippen molar-refractivity contribution in [1.82, 2.24) is 5.32 Å². The predicted molar refractivity (Wildman–Crippen MR) is 275 cm³/mol. The third-order valence-electron chi connectivity index (χ3n) is 13.4. The SMILES string of the molecule is CCCCCCCC/C=C/CC/C=C/CCCC(O)C(O)C(COC1OC(CO)C(O)C(O)C1O)NC(=O)C(O)CCCCCCCCCCC/C=C\CCCCCCCCCCCCCC. The fraction of sp³-hybridized carbons (Fsp3) is 0.875. The fourth-order valence-corrected chi connectivity index (χ4v) is 8.81. The number of carbonyl (C=O) groups excluding carboxylic acids is 1. The van der Waals surface area contributed by atoms with Crippen LogP contribution in [-0.4, -0.2) is 110 Å². The Hall–Kier alpha value is -1.67. The van der Waals surface area contributed by atoms with Gasteiger partial charge < -0.3 is 50.5 Å². The third kappa shape index (κ3) is 34.3. The molecular formula is C56H105NO10. The summed E-state index contributed by atoms with van der Waals surface area (Å²) in [5.41, 5.74) is 0. The van der Waals surface area contributed by atoms with E-state index in [1.807, 2.05) is 0 Å². The van der Waals surface area contributed by atoms with Gasteiger partial charge in [-0.3, -0.25) is 4.79 Å². The maximum atomic E-state index is 13.2. The standard InChI is InChI=1S/C56H105NO10/c1-3-5-7-9-11-13-15-17-19-20-21-22-23-24-25-26-27-28-30-32-34-36-38-40-42-44-49(60)55(65)57-47(46-66-56-54(64)53(63)52(62)50(45-58)67-56)51(61)48(59)43-41-39-37-35-33-31-29-18-16-14-12-10-8-6-4-2/h18,24-25,29,35,37,47-54,56,58-64H,3-17,19-23,26-28,30-34,36,38-46H2,1-2H3,(H,57,65)/b25-24-,29-18+,37-35+. The highest BCUT2D eigenvalue weighted by atomic mass is 16.7. The third-order valence-corrected chi connectivity index (χ3v) is 13.4. The van der Waals surface area contributed by atoms with Crippen LogP contribution < -0.4 is 5.32 Å². The van der Waals surface area contributed by atoms with Crippen LogP contribution in [0.15, 0.2) is 36.5 Å². The molecule has 1 amide bonds. The minimum atomic E-state index is -1.67. The van der Waals surface area contributed by atoms with Crippen LogP contribution in [0.1, 0.15) is 245 Å². The van der Waals surface area contributed by atoms with Gasteiger partial charge in [0.2, 0.25) is 5.91 Å². The van der Waals surface area contributed by atoms with Crippen molar-refractivity contribution in [2.45, 2.75) is 300 Å². The van der Waals surface area contributed by atoms with E-state index in [1.54, 1.807) is 0 Å². The molecule has 1 aliphatic rings. The molecule has 394 valence electrons. The zero-order chi connectivity index (χ0) is 49.0. The molecule has 11 heteroatoms. The zero-order valence-electron chi connectivity index (χ0n) is 42.9. The number of rotatable bonds is 47. The van der Waals surface area contributed by atoms with Gasteiger partial charge in [-0.15, -0.1) is 0 Å². The highest BCUT2D eigenvalue weighted by molar-refractivity contribution is 5.80. The molecule has 0 spiro atoms. The van der Waals surface area contributed by atoms with Gasteiger partial charge in [-0.2, -0.15) is 0 Å². The van der Waals surface area contributed by atoms with Crippen molar-refractivity contribution in [3.05, 3.63) is 36.5 Å². The highest BCUT2D eigenvalue weighted by Gasteiger charge is 2.44. The van der Waals surface area contributed by atoms with Gasteiger partial charge in [-0.1, -0.05) is 204 Å². The molecule has 0 aromatic heterocycles. The summed E-state index contributed by atoms with van der Waals surface area (Å²) in [7, 11) is 0. The van der Waals surface area contributed by atoms with Crippen molar-refractivity contribution in [2.24, 2.45) is 0 Å². The molecule has 1 rings (SSSR count). The number of allylic oxidation sites excluding steroid dienone is 6. The van der Waals surface area contributed by atoms with Crippen LogP contribution in [0.2, 0.25) is 0 Å². The molecule has 1 heterocycles. The lowest BCUT2D eigenvalue weighted by molar-refractivity contribution is -0.303. The lowest BCUT2D eigenvalue weighted by Gasteiger charge is -2.40. The molecule has 0 saturated carbocycles. The van der Waals surface area contributed by atoms with Crippen LogP contribution in [0, 0.1) is 0 Å². The molecule has 11 nitrogen and oxygen atoms in total. The fourth-order valence-electron chi connectivity index (χ4n) is 8.81. The van der Waals surface area contributed by atoms with Gasteiger partial charge in [0.25, 0.3) is 0 Å². The Morgan fingerprint density at radius 2 is 0.896 bits per heavy atom. The molecular weight excluding hydrogens is 847 g/mol. The van der Waals surface area contributed by atoms with Gasteiger partial charge in [-0.05, 0) is 77.0 Å². The number of nitrogens with one attached hydrogen (secondary N) is 1. The van der Waals surface area contributed by atoms with E-state index in [4.69, 9.17) is 9.47 Å². The minimum absolute atomic E-state index is 0.246. The van der Waals surface area contributed by atoms with Gasteiger partial charge in [-0.25, -0.2) is 0 Å². The number of hydrogen-bond acceptors (Lipinski definition) is 10. The molecule has 1 saturated heterocycles. The Bertz CT molecular complexity index is 1180. The molecule has 0 radical (unpaired) electrons. The van der Waals surface area contributed by atoms with Crippen molar-refractivity contribution in [3.8, 4) is 0 Å². The summed E-state index contributed by atoms with van der Waals surface area (Å²) in [6, 6.07) is -1.19. The van der Waals surface area contributed by atoms with Crippen molar-refractivity contribution >= 4 is 5.91 Å². The van der Waals surface area contributed by atoms with Crippen molar-refractivity contribution in [3.63, 3.8) is 0 Å². The van der Waals surface area contributed by atoms with E-state index in [1.165, 1.54) is 161 Å². The van der Waals surface area contributed by atoms with Gasteiger partial charge in [0, 0.05) is 0 Å². The topological polar surface area (TPSA) is 189 Å². The molecule has 0 aromatic rings. The Morgan fingerprint density at radius 3 is 1.33 bits per heavy atom. The largest absolute Gasteiger partial charge is 0.394 e. The highest BCUT2D eigenvalue weighted by Crippen LogP contribution is 2.23. The first-order valence-corrected chi connectivity index (χ1v) is 27.9. The van der Waals surface area contributed by atoms with E-state index in [0.29, 0.717) is 19.3 Å². The molecule has 1 aliphatic heterocycles. The maximum Gasteiger partial charge on any atom is 0.249 e. The second-order valence-electron chi connectivity index (χ2n) is 19.6. The first-order valence-electron chi connectivity index (χ1n) is 27.9. The van der Waals surface area contributed by atoms with Crippen LogP contribution in [-0.2, 0) is 14.3 Å². The maximum absolute atomic E-state index is 13.2. The summed E-state index contributed by atoms with van der Waals surface area (Å²) in [6.07, 6.45) is 43.4. The van der Waals surface area contributed by atoms with E-state index >= 15 is 0 Å². The van der Waals surface area contributed by atoms with Gasteiger partial charge >= 0.3 is 0 Å². The summed E-state index contributed by atoms with van der Waals surface area (Å²) >= 11 is 0. The lowest BCUT2D eigenvalue weighted by atomic mass is 9.98. The predicted octanol–water partition coefficient (Wildman–Crippen LogP) is 11.1. The molecule has 0 bridgehead atoms. The van der Waals surface area contributed by atoms with Crippen molar-refractivity contribution < 1.29 is 50.0 Å². The first-order chi connectivity index (χ1) is 32.7. The minimum Gasteiger partial charge on any atom is -0.394 e. The van der Waals surface area contributed by atoms with Crippen molar-refractivity contribution in [2.75, 3.05) is 13.2 Å². The number of amides is 1. The molecule has 8 N–H and O–H groups in total. The summed E-state index contributed by atoms with van der Waals surface area (Å²) in [5, 5.41) is 75.9. The van der Waals surface area contributed by atoms with Gasteiger partial charge in [0.1, 0.15) is 36.6 Å². The first kappa shape index (κ1) is 63.3. The number of aliphatic hydroxyl groups excluding tert-OH is 7. The van der Waals surface area contributed by atoms with E-state index in [2.05, 4.69) is 55.6 Å². The van der Waals surface area contributed by atoms with Crippen LogP contribution in [0.5, 0.6) is 0 Å². The molecule has 0 aromatic carbocycles. The second-order valence-corrected chi connectivity index (χ2v) is 19.6. The summed E-state index contributed by atoms with van der Waals surface area (Å²) in [5.74, 6) is -0.711. The molecule has 0 aliphatic carbocycles. The van der Waals surface area contributed by atoms with Crippen LogP contribution in [0.3, 0.4) is 0 Å².